The summed E-state index contributed by atoms with van der Waals surface area (Å²) in [6.07, 6.45) is 6.73. The average Bonchev–Trinajstić information content (AvgIpc) is 1.72. The average molecular weight is 245 g/mol. The first-order valence-corrected chi connectivity index (χ1v) is 2.38. The van der Waals surface area contributed by atoms with E-state index < -0.39 is 0 Å². The molecule has 0 aromatic rings. The van der Waals surface area contributed by atoms with Gasteiger partial charge in [0, 0.05) is 6.54 Å². The fourth-order valence-corrected chi connectivity index (χ4v) is 0.572. The smallest absolute Gasteiger partial charge is 0.0144 e. The molecule has 3 heteroatoms. The molecule has 1 heterocycles. The highest BCUT2D eigenvalue weighted by atomic mass is 79.9. The van der Waals surface area contributed by atoms with Crippen LogP contribution in [-0.4, -0.2) is 6.54 Å². The zero-order valence-corrected chi connectivity index (χ0v) is 8.02. The summed E-state index contributed by atoms with van der Waals surface area (Å²) in [7, 11) is 0. The van der Waals surface area contributed by atoms with Crippen LogP contribution < -0.4 is 5.32 Å². The van der Waals surface area contributed by atoms with E-state index in [4.69, 9.17) is 0 Å². The van der Waals surface area contributed by atoms with Crippen LogP contribution in [0.15, 0.2) is 12.3 Å². The molecule has 1 rings (SSSR count). The predicted molar refractivity (Wildman–Crippen MR) is 47.0 cm³/mol. The minimum Gasteiger partial charge on any atom is -0.391 e. The maximum Gasteiger partial charge on any atom is 0.0144 e. The van der Waals surface area contributed by atoms with E-state index in [0.717, 1.165) is 6.54 Å². The van der Waals surface area contributed by atoms with Crippen LogP contribution in [0, 0.1) is 0 Å². The molecule has 1 aliphatic heterocycles. The van der Waals surface area contributed by atoms with Gasteiger partial charge in [0.05, 0.1) is 0 Å². The topological polar surface area (TPSA) is 12.0 Å². The molecule has 0 aromatic carbocycles. The minimum absolute atomic E-state index is 0. The summed E-state index contributed by atoms with van der Waals surface area (Å²) < 4.78 is 0. The van der Waals surface area contributed by atoms with E-state index in [9.17, 15) is 0 Å². The van der Waals surface area contributed by atoms with Crippen molar-refractivity contribution in [3.63, 3.8) is 0 Å². The van der Waals surface area contributed by atoms with Crippen LogP contribution in [0.25, 0.3) is 0 Å². The van der Waals surface area contributed by atoms with E-state index in [0.29, 0.717) is 0 Å². The number of nitrogens with one attached hydrogen (secondary N) is 1. The zero-order valence-electron chi connectivity index (χ0n) is 4.59. The molecule has 0 atom stereocenters. The first-order valence-electron chi connectivity index (χ1n) is 2.38. The molecular weight excluding hydrogens is 234 g/mol. The molecule has 0 unspecified atom stereocenters. The van der Waals surface area contributed by atoms with Crippen molar-refractivity contribution in [2.75, 3.05) is 6.54 Å². The van der Waals surface area contributed by atoms with Gasteiger partial charge in [-0.3, -0.25) is 0 Å². The van der Waals surface area contributed by atoms with Crippen LogP contribution in [0.5, 0.6) is 0 Å². The predicted octanol–water partition coefficient (Wildman–Crippen LogP) is 2.04. The molecule has 1 aliphatic rings. The molecule has 0 amide bonds. The van der Waals surface area contributed by atoms with Gasteiger partial charge in [0.1, 0.15) is 0 Å². The van der Waals surface area contributed by atoms with Crippen LogP contribution in [0.1, 0.15) is 12.8 Å². The van der Waals surface area contributed by atoms with Gasteiger partial charge in [0.15, 0.2) is 0 Å². The van der Waals surface area contributed by atoms with Crippen LogP contribution in [0.4, 0.5) is 0 Å². The van der Waals surface area contributed by atoms with Gasteiger partial charge < -0.3 is 5.32 Å². The summed E-state index contributed by atoms with van der Waals surface area (Å²) >= 11 is 0. The van der Waals surface area contributed by atoms with E-state index in [-0.39, 0.29) is 34.0 Å². The second kappa shape index (κ2) is 7.50. The van der Waals surface area contributed by atoms with E-state index in [1.54, 1.807) is 0 Å². The quantitative estimate of drug-likeness (QED) is 0.688. The first-order chi connectivity index (χ1) is 3.00. The Kier molecular flexibility index (Phi) is 10.6. The number of rotatable bonds is 0. The second-order valence-corrected chi connectivity index (χ2v) is 1.50. The van der Waals surface area contributed by atoms with Crippen molar-refractivity contribution in [1.29, 1.82) is 0 Å². The first kappa shape index (κ1) is 11.3. The van der Waals surface area contributed by atoms with Gasteiger partial charge in [0.2, 0.25) is 0 Å². The van der Waals surface area contributed by atoms with E-state index in [1.807, 2.05) is 6.20 Å². The van der Waals surface area contributed by atoms with Gasteiger partial charge in [0.25, 0.3) is 0 Å². The van der Waals surface area contributed by atoms with Gasteiger partial charge in [-0.05, 0) is 19.0 Å². The van der Waals surface area contributed by atoms with Crippen LogP contribution >= 0.6 is 34.0 Å². The third kappa shape index (κ3) is 4.65. The number of allylic oxidation sites excluding steroid dienone is 1. The highest BCUT2D eigenvalue weighted by molar-refractivity contribution is 8.93. The molecule has 0 spiro atoms. The molecule has 50 valence electrons. The molecule has 0 aliphatic carbocycles. The third-order valence-corrected chi connectivity index (χ3v) is 0.928. The van der Waals surface area contributed by atoms with Crippen molar-refractivity contribution in [3.05, 3.63) is 12.3 Å². The lowest BCUT2D eigenvalue weighted by Gasteiger charge is -2.02. The SMILES string of the molecule is Br.Br.C1=CNCCC1. The Morgan fingerprint density at radius 1 is 1.25 bits per heavy atom. The monoisotopic (exact) mass is 243 g/mol. The Morgan fingerprint density at radius 2 is 2.00 bits per heavy atom. The minimum atomic E-state index is 0. The van der Waals surface area contributed by atoms with Crippen LogP contribution in [-0.2, 0) is 0 Å². The molecule has 0 radical (unpaired) electrons. The fraction of sp³-hybridized carbons (Fsp3) is 0.600. The maximum absolute atomic E-state index is 3.10. The Bertz CT molecular complexity index is 55.4. The van der Waals surface area contributed by atoms with E-state index >= 15 is 0 Å². The third-order valence-electron chi connectivity index (χ3n) is 0.928. The fourth-order valence-electron chi connectivity index (χ4n) is 0.572. The van der Waals surface area contributed by atoms with E-state index in [2.05, 4.69) is 11.4 Å². The highest BCUT2D eigenvalue weighted by Crippen LogP contribution is 1.91. The second-order valence-electron chi connectivity index (χ2n) is 1.50. The molecule has 0 saturated carbocycles. The van der Waals surface area contributed by atoms with E-state index in [1.165, 1.54) is 12.8 Å². The Morgan fingerprint density at radius 3 is 2.12 bits per heavy atom. The maximum atomic E-state index is 3.10. The molecular formula is C5H11Br2N. The number of halogens is 2. The van der Waals surface area contributed by atoms with Gasteiger partial charge in [-0.1, -0.05) is 6.08 Å². The standard InChI is InChI=1S/C5H9N.2BrH/c1-2-4-6-5-3-1;;/h2,4,6H,1,3,5H2;2*1H. The molecule has 1 nitrogen and oxygen atoms in total. The molecule has 0 aromatic heterocycles. The molecule has 0 fully saturated rings. The molecule has 0 bridgehead atoms. The van der Waals surface area contributed by atoms with Gasteiger partial charge in [-0.2, -0.15) is 0 Å². The van der Waals surface area contributed by atoms with Crippen molar-refractivity contribution in [1.82, 2.24) is 5.32 Å². The molecule has 1 N–H and O–H groups in total. The zero-order chi connectivity index (χ0) is 4.24. The normalized spacial score (nSPS) is 15.0. The van der Waals surface area contributed by atoms with Gasteiger partial charge >= 0.3 is 0 Å². The van der Waals surface area contributed by atoms with Crippen molar-refractivity contribution in [2.24, 2.45) is 0 Å². The van der Waals surface area contributed by atoms with Gasteiger partial charge in [-0.15, -0.1) is 34.0 Å². The molecule has 8 heavy (non-hydrogen) atoms. The van der Waals surface area contributed by atoms with Crippen molar-refractivity contribution in [2.45, 2.75) is 12.8 Å². The lowest BCUT2D eigenvalue weighted by atomic mass is 10.2. The summed E-state index contributed by atoms with van der Waals surface area (Å²) in [5.41, 5.74) is 0. The van der Waals surface area contributed by atoms with Crippen molar-refractivity contribution < 1.29 is 0 Å². The lowest BCUT2D eigenvalue weighted by Crippen LogP contribution is -2.09. The summed E-state index contributed by atoms with van der Waals surface area (Å²) in [6, 6.07) is 0. The van der Waals surface area contributed by atoms with Crippen LogP contribution in [0.2, 0.25) is 0 Å². The summed E-state index contributed by atoms with van der Waals surface area (Å²) in [4.78, 5) is 0. The van der Waals surface area contributed by atoms with Crippen molar-refractivity contribution >= 4 is 34.0 Å². The summed E-state index contributed by atoms with van der Waals surface area (Å²) in [5.74, 6) is 0. The van der Waals surface area contributed by atoms with Crippen LogP contribution in [0.3, 0.4) is 0 Å². The lowest BCUT2D eigenvalue weighted by molar-refractivity contribution is 0.728. The number of hydrogen-bond acceptors (Lipinski definition) is 1. The highest BCUT2D eigenvalue weighted by Gasteiger charge is 1.84. The summed E-state index contributed by atoms with van der Waals surface area (Å²) in [6.45, 7) is 1.16. The van der Waals surface area contributed by atoms with Gasteiger partial charge in [-0.25, -0.2) is 0 Å². The number of hydrogen-bond donors (Lipinski definition) is 1. The largest absolute Gasteiger partial charge is 0.391 e. The van der Waals surface area contributed by atoms with Crippen molar-refractivity contribution in [3.8, 4) is 0 Å². The Hall–Kier alpha value is 0.500. The summed E-state index contributed by atoms with van der Waals surface area (Å²) in [5, 5.41) is 3.10. The Labute approximate surface area is 71.1 Å². The molecule has 0 saturated heterocycles. The Balaban J connectivity index is 0.